The summed E-state index contributed by atoms with van der Waals surface area (Å²) in [6.45, 7) is 15.8. The molecular formula is C12H21NO. The lowest BCUT2D eigenvalue weighted by atomic mass is 9.83. The van der Waals surface area contributed by atoms with Gasteiger partial charge in [0, 0.05) is 12.3 Å². The van der Waals surface area contributed by atoms with Crippen LogP contribution in [0.15, 0.2) is 0 Å². The summed E-state index contributed by atoms with van der Waals surface area (Å²) >= 11 is 0. The summed E-state index contributed by atoms with van der Waals surface area (Å²) in [7, 11) is 0. The third-order valence-corrected chi connectivity index (χ3v) is 3.80. The van der Waals surface area contributed by atoms with Crippen LogP contribution >= 0.6 is 0 Å². The standard InChI is InChI=1S/C12H21NO/c1-8(2)10-6-12(13-5,9(3)4)7-11(10)14/h8-11,14H,6-7H2,1-4H3. The smallest absolute Gasteiger partial charge is 0.237 e. The molecule has 0 aromatic carbocycles. The molecule has 0 heterocycles. The maximum atomic E-state index is 9.93. The van der Waals surface area contributed by atoms with Crippen molar-refractivity contribution in [2.75, 3.05) is 0 Å². The van der Waals surface area contributed by atoms with Gasteiger partial charge in [0.25, 0.3) is 0 Å². The van der Waals surface area contributed by atoms with Crippen LogP contribution in [0.2, 0.25) is 0 Å². The Morgan fingerprint density at radius 1 is 1.29 bits per heavy atom. The Bertz CT molecular complexity index is 241. The summed E-state index contributed by atoms with van der Waals surface area (Å²) in [4.78, 5) is 3.79. The van der Waals surface area contributed by atoms with E-state index in [0.717, 1.165) is 6.42 Å². The van der Waals surface area contributed by atoms with Crippen molar-refractivity contribution in [3.63, 3.8) is 0 Å². The van der Waals surface area contributed by atoms with Gasteiger partial charge in [-0.25, -0.2) is 6.57 Å². The molecule has 1 rings (SSSR count). The average molecular weight is 195 g/mol. The molecule has 1 N–H and O–H groups in total. The number of aliphatic hydroxyl groups excluding tert-OH is 1. The second-order valence-corrected chi connectivity index (χ2v) is 5.25. The van der Waals surface area contributed by atoms with E-state index in [0.29, 0.717) is 24.2 Å². The highest BCUT2D eigenvalue weighted by Crippen LogP contribution is 2.45. The van der Waals surface area contributed by atoms with Gasteiger partial charge < -0.3 is 9.95 Å². The van der Waals surface area contributed by atoms with Crippen molar-refractivity contribution in [2.24, 2.45) is 17.8 Å². The van der Waals surface area contributed by atoms with Crippen LogP contribution in [-0.4, -0.2) is 16.7 Å². The van der Waals surface area contributed by atoms with Crippen molar-refractivity contribution in [3.8, 4) is 0 Å². The Hall–Kier alpha value is -0.550. The zero-order valence-electron chi connectivity index (χ0n) is 9.62. The maximum absolute atomic E-state index is 9.93. The molecule has 14 heavy (non-hydrogen) atoms. The minimum atomic E-state index is -0.297. The highest BCUT2D eigenvalue weighted by molar-refractivity contribution is 5.09. The SMILES string of the molecule is [C-]#[N+]C1(C(C)C)CC(O)C(C(C)C)C1. The molecule has 1 saturated carbocycles. The normalized spacial score (nSPS) is 37.9. The molecule has 3 atom stereocenters. The van der Waals surface area contributed by atoms with E-state index in [4.69, 9.17) is 6.57 Å². The van der Waals surface area contributed by atoms with Crippen LogP contribution in [0.25, 0.3) is 4.85 Å². The fourth-order valence-electron chi connectivity index (χ4n) is 2.51. The lowest BCUT2D eigenvalue weighted by Gasteiger charge is -2.21. The number of hydrogen-bond acceptors (Lipinski definition) is 1. The Morgan fingerprint density at radius 3 is 2.07 bits per heavy atom. The zero-order valence-corrected chi connectivity index (χ0v) is 9.62. The fraction of sp³-hybridized carbons (Fsp3) is 0.917. The van der Waals surface area contributed by atoms with Crippen LogP contribution in [0.4, 0.5) is 0 Å². The van der Waals surface area contributed by atoms with E-state index in [9.17, 15) is 5.11 Å². The van der Waals surface area contributed by atoms with Gasteiger partial charge in [-0.3, -0.25) is 0 Å². The van der Waals surface area contributed by atoms with Crippen LogP contribution in [0.1, 0.15) is 40.5 Å². The summed E-state index contributed by atoms with van der Waals surface area (Å²) in [5.41, 5.74) is -0.297. The van der Waals surface area contributed by atoms with Gasteiger partial charge in [-0.1, -0.05) is 27.7 Å². The Morgan fingerprint density at radius 2 is 1.86 bits per heavy atom. The maximum Gasteiger partial charge on any atom is 0.237 e. The number of rotatable bonds is 2. The molecular weight excluding hydrogens is 174 g/mol. The van der Waals surface area contributed by atoms with Crippen molar-refractivity contribution in [1.82, 2.24) is 0 Å². The van der Waals surface area contributed by atoms with E-state index in [1.54, 1.807) is 0 Å². The molecule has 2 heteroatoms. The third kappa shape index (κ3) is 1.79. The number of aliphatic hydroxyl groups is 1. The molecule has 0 radical (unpaired) electrons. The van der Waals surface area contributed by atoms with Crippen LogP contribution in [-0.2, 0) is 0 Å². The second kappa shape index (κ2) is 3.90. The second-order valence-electron chi connectivity index (χ2n) is 5.25. The predicted octanol–water partition coefficient (Wildman–Crippen LogP) is 2.73. The third-order valence-electron chi connectivity index (χ3n) is 3.80. The summed E-state index contributed by atoms with van der Waals surface area (Å²) in [6.07, 6.45) is 1.26. The summed E-state index contributed by atoms with van der Waals surface area (Å²) in [5, 5.41) is 9.93. The molecule has 80 valence electrons. The largest absolute Gasteiger partial charge is 0.393 e. The van der Waals surface area contributed by atoms with Gasteiger partial charge in [0.15, 0.2) is 0 Å². The molecule has 0 spiro atoms. The quantitative estimate of drug-likeness (QED) is 0.673. The highest BCUT2D eigenvalue weighted by Gasteiger charge is 2.52. The van der Waals surface area contributed by atoms with Crippen molar-refractivity contribution >= 4 is 0 Å². The van der Waals surface area contributed by atoms with E-state index >= 15 is 0 Å². The average Bonchev–Trinajstić information content (AvgIpc) is 2.44. The molecule has 0 bridgehead atoms. The predicted molar refractivity (Wildman–Crippen MR) is 57.7 cm³/mol. The highest BCUT2D eigenvalue weighted by atomic mass is 16.3. The molecule has 1 aliphatic rings. The monoisotopic (exact) mass is 195 g/mol. The minimum Gasteiger partial charge on any atom is -0.393 e. The lowest BCUT2D eigenvalue weighted by molar-refractivity contribution is 0.107. The number of hydrogen-bond donors (Lipinski definition) is 1. The first-order chi connectivity index (χ1) is 6.43. The molecule has 3 unspecified atom stereocenters. The van der Waals surface area contributed by atoms with E-state index in [-0.39, 0.29) is 11.6 Å². The van der Waals surface area contributed by atoms with E-state index < -0.39 is 0 Å². The first-order valence-electron chi connectivity index (χ1n) is 5.49. The Kier molecular flexibility index (Phi) is 3.21. The van der Waals surface area contributed by atoms with Crippen molar-refractivity contribution in [3.05, 3.63) is 11.4 Å². The van der Waals surface area contributed by atoms with Gasteiger partial charge >= 0.3 is 0 Å². The van der Waals surface area contributed by atoms with Crippen molar-refractivity contribution in [1.29, 1.82) is 0 Å². The summed E-state index contributed by atoms with van der Waals surface area (Å²) in [5.74, 6) is 1.14. The molecule has 2 nitrogen and oxygen atoms in total. The zero-order chi connectivity index (χ0) is 10.9. The van der Waals surface area contributed by atoms with Crippen LogP contribution in [0.3, 0.4) is 0 Å². The molecule has 0 amide bonds. The molecule has 0 aliphatic heterocycles. The van der Waals surface area contributed by atoms with Crippen LogP contribution < -0.4 is 0 Å². The summed E-state index contributed by atoms with van der Waals surface area (Å²) in [6, 6.07) is 0. The molecule has 0 aromatic rings. The summed E-state index contributed by atoms with van der Waals surface area (Å²) < 4.78 is 0. The Labute approximate surface area is 87.1 Å². The first kappa shape index (κ1) is 11.5. The molecule has 0 aromatic heterocycles. The van der Waals surface area contributed by atoms with Gasteiger partial charge in [0.05, 0.1) is 12.5 Å². The van der Waals surface area contributed by atoms with E-state index in [1.807, 2.05) is 0 Å². The van der Waals surface area contributed by atoms with Crippen molar-refractivity contribution in [2.45, 2.75) is 52.2 Å². The van der Waals surface area contributed by atoms with Crippen molar-refractivity contribution < 1.29 is 5.11 Å². The van der Waals surface area contributed by atoms with Gasteiger partial charge in [0.1, 0.15) is 0 Å². The van der Waals surface area contributed by atoms with Gasteiger partial charge in [-0.15, -0.1) is 0 Å². The topological polar surface area (TPSA) is 24.6 Å². The van der Waals surface area contributed by atoms with E-state index in [1.165, 1.54) is 0 Å². The first-order valence-corrected chi connectivity index (χ1v) is 5.49. The fourth-order valence-corrected chi connectivity index (χ4v) is 2.51. The number of nitrogens with zero attached hydrogens (tertiary/aromatic N) is 1. The molecule has 0 saturated heterocycles. The van der Waals surface area contributed by atoms with Gasteiger partial charge in [-0.2, -0.15) is 0 Å². The molecule has 1 aliphatic carbocycles. The van der Waals surface area contributed by atoms with Crippen LogP contribution in [0, 0.1) is 24.3 Å². The minimum absolute atomic E-state index is 0.272. The van der Waals surface area contributed by atoms with Crippen LogP contribution in [0.5, 0.6) is 0 Å². The Balaban J connectivity index is 2.84. The van der Waals surface area contributed by atoms with Gasteiger partial charge in [0.2, 0.25) is 5.54 Å². The van der Waals surface area contributed by atoms with E-state index in [2.05, 4.69) is 32.5 Å². The molecule has 1 fully saturated rings. The van der Waals surface area contributed by atoms with Gasteiger partial charge in [-0.05, 0) is 11.8 Å². The lowest BCUT2D eigenvalue weighted by Crippen LogP contribution is -2.28.